The molecule has 1 aromatic heterocycles. The van der Waals surface area contributed by atoms with E-state index in [-0.39, 0.29) is 0 Å². The smallest absolute Gasteiger partial charge is 0.201 e. The summed E-state index contributed by atoms with van der Waals surface area (Å²) in [7, 11) is 0.620. The molecule has 1 nitrogen and oxygen atoms in total. The molecule has 0 atom stereocenters. The molecule has 0 spiro atoms. The lowest BCUT2D eigenvalue weighted by Crippen LogP contribution is -2.47. The van der Waals surface area contributed by atoms with Crippen molar-refractivity contribution in [2.24, 2.45) is 7.05 Å². The fraction of sp³-hybridized carbons (Fsp3) is 0.421. The molecule has 0 bridgehead atoms. The molecule has 0 aliphatic carbocycles. The molecule has 0 amide bonds. The first-order chi connectivity index (χ1) is 10.0. The summed E-state index contributed by atoms with van der Waals surface area (Å²) in [6, 6.07) is 10.7. The molecule has 21 heavy (non-hydrogen) atoms. The summed E-state index contributed by atoms with van der Waals surface area (Å²) in [5, 5.41) is 1.38. The van der Waals surface area contributed by atoms with Gasteiger partial charge in [-0.3, -0.25) is 0 Å². The number of aromatic nitrogens is 1. The molecule has 0 aliphatic heterocycles. The molecular formula is C19H28NSi+. The maximum Gasteiger partial charge on any atom is 0.212 e. The number of hydrogen-bond acceptors (Lipinski definition) is 0. The van der Waals surface area contributed by atoms with Crippen molar-refractivity contribution in [2.75, 3.05) is 0 Å². The Bertz CT molecular complexity index is 694. The van der Waals surface area contributed by atoms with Crippen LogP contribution >= 0.6 is 0 Å². The van der Waals surface area contributed by atoms with E-state index >= 15 is 0 Å². The zero-order valence-corrected chi connectivity index (χ0v) is 15.4. The zero-order valence-electron chi connectivity index (χ0n) is 15.4. The number of rotatable bonds is 3. The summed E-state index contributed by atoms with van der Waals surface area (Å²) >= 11 is 0. The summed E-state index contributed by atoms with van der Waals surface area (Å²) in [6.45, 7) is 13.2. The summed E-state index contributed by atoms with van der Waals surface area (Å²) in [6.07, 6.45) is 2.26. The number of nitrogens with zero attached hydrogens (tertiary/aromatic N) is 1. The molecule has 0 radical (unpaired) electrons. The minimum absolute atomic E-state index is 0.582. The van der Waals surface area contributed by atoms with Gasteiger partial charge in [0.2, 0.25) is 5.69 Å². The van der Waals surface area contributed by atoms with Gasteiger partial charge in [0.05, 0.1) is 8.07 Å². The zero-order chi connectivity index (χ0) is 16.7. The monoisotopic (exact) mass is 299 g/mol. The van der Waals surface area contributed by atoms with Gasteiger partial charge in [0, 0.05) is 18.2 Å². The first-order valence-corrected chi connectivity index (χ1v) is 11.1. The highest BCUT2D eigenvalue weighted by atomic mass is 28.3. The van der Waals surface area contributed by atoms with E-state index in [1.165, 1.54) is 27.6 Å². The van der Waals surface area contributed by atoms with E-state index in [1.54, 1.807) is 0 Å². The number of pyridine rings is 1. The van der Waals surface area contributed by atoms with E-state index in [1.807, 2.05) is 13.8 Å². The molecule has 0 saturated heterocycles. The lowest BCUT2D eigenvalue weighted by atomic mass is 9.99. The molecule has 0 aliphatic rings. The highest BCUT2D eigenvalue weighted by Gasteiger charge is 2.27. The van der Waals surface area contributed by atoms with Gasteiger partial charge in [-0.15, -0.1) is 0 Å². The molecule has 0 N–H and O–H groups in total. The van der Waals surface area contributed by atoms with Gasteiger partial charge < -0.3 is 0 Å². The van der Waals surface area contributed by atoms with Crippen molar-refractivity contribution in [2.45, 2.75) is 46.3 Å². The van der Waals surface area contributed by atoms with Gasteiger partial charge in [0.1, 0.15) is 7.05 Å². The molecule has 2 heteroatoms. The summed E-state index contributed by atoms with van der Waals surface area (Å²) in [5.41, 5.74) is 4.88. The Labute approximate surface area is 132 Å². The number of hydrogen-bond donors (Lipinski definition) is 0. The second kappa shape index (κ2) is 5.76. The van der Waals surface area contributed by atoms with Crippen molar-refractivity contribution < 1.29 is 5.94 Å². The van der Waals surface area contributed by atoms with Crippen LogP contribution in [0.15, 0.2) is 36.5 Å². The normalized spacial score (nSPS) is 13.2. The van der Waals surface area contributed by atoms with E-state index < -0.39 is 14.0 Å². The molecule has 1 aromatic carbocycles. The van der Waals surface area contributed by atoms with Gasteiger partial charge in [-0.1, -0.05) is 51.7 Å². The van der Waals surface area contributed by atoms with Gasteiger partial charge in [0.25, 0.3) is 0 Å². The third kappa shape index (κ3) is 3.26. The fourth-order valence-corrected chi connectivity index (χ4v) is 4.50. The summed E-state index contributed by atoms with van der Waals surface area (Å²) < 4.78 is 10.8. The molecular weight excluding hydrogens is 270 g/mol. The first-order valence-electron chi connectivity index (χ1n) is 8.12. The highest BCUT2D eigenvalue weighted by Crippen LogP contribution is 2.24. The van der Waals surface area contributed by atoms with Crippen molar-refractivity contribution >= 4 is 13.3 Å². The van der Waals surface area contributed by atoms with Crippen LogP contribution < -0.4 is 9.75 Å². The largest absolute Gasteiger partial charge is 0.212 e. The van der Waals surface area contributed by atoms with Crippen LogP contribution in [0.25, 0.3) is 11.3 Å². The number of benzene rings is 1. The van der Waals surface area contributed by atoms with Gasteiger partial charge in [-0.2, -0.15) is 0 Å². The molecule has 2 rings (SSSR count). The molecule has 2 aromatic rings. The van der Waals surface area contributed by atoms with Crippen molar-refractivity contribution in [3.63, 3.8) is 0 Å². The van der Waals surface area contributed by atoms with E-state index in [0.29, 0.717) is 0 Å². The Morgan fingerprint density at radius 2 is 1.76 bits per heavy atom. The standard InChI is InChI=1S/C19H28NSi/c1-14(2)17-12-18(16-11-9-8-10-15(16)3)20(4)13-19(17)21(5,6)7/h8-14H,1-7H3/q+1/i14D. The Morgan fingerprint density at radius 1 is 1.14 bits per heavy atom. The van der Waals surface area contributed by atoms with Crippen molar-refractivity contribution in [3.8, 4) is 11.3 Å². The Hall–Kier alpha value is -1.41. The van der Waals surface area contributed by atoms with Crippen LogP contribution in [0.1, 0.15) is 32.2 Å². The average Bonchev–Trinajstić information content (AvgIpc) is 2.37. The van der Waals surface area contributed by atoms with E-state index in [2.05, 4.69) is 74.7 Å². The van der Waals surface area contributed by atoms with Gasteiger partial charge in [0.15, 0.2) is 6.20 Å². The molecule has 0 fully saturated rings. The lowest BCUT2D eigenvalue weighted by Gasteiger charge is -2.22. The minimum Gasteiger partial charge on any atom is -0.201 e. The van der Waals surface area contributed by atoms with Crippen LogP contribution in [0.5, 0.6) is 0 Å². The second-order valence-electron chi connectivity index (χ2n) is 7.16. The molecule has 0 unspecified atom stereocenters. The number of aryl methyl sites for hydroxylation is 2. The van der Waals surface area contributed by atoms with Crippen molar-refractivity contribution in [1.82, 2.24) is 0 Å². The fourth-order valence-electron chi connectivity index (χ4n) is 2.79. The van der Waals surface area contributed by atoms with Crippen LogP contribution in [-0.2, 0) is 7.05 Å². The molecule has 0 saturated carbocycles. The minimum atomic E-state index is -1.50. The van der Waals surface area contributed by atoms with Crippen molar-refractivity contribution in [1.29, 1.82) is 0 Å². The van der Waals surface area contributed by atoms with Gasteiger partial charge >= 0.3 is 0 Å². The van der Waals surface area contributed by atoms with Crippen LogP contribution in [0.4, 0.5) is 0 Å². The maximum absolute atomic E-state index is 8.59. The third-order valence-electron chi connectivity index (χ3n) is 4.04. The van der Waals surface area contributed by atoms with Crippen LogP contribution in [0, 0.1) is 6.92 Å². The summed E-state index contributed by atoms with van der Waals surface area (Å²) in [4.78, 5) is 0. The first kappa shape index (κ1) is 14.5. The van der Waals surface area contributed by atoms with E-state index in [4.69, 9.17) is 1.37 Å². The Kier molecular flexibility index (Phi) is 3.98. The third-order valence-corrected chi connectivity index (χ3v) is 6.06. The van der Waals surface area contributed by atoms with Gasteiger partial charge in [-0.05, 0) is 30.0 Å². The molecule has 1 heterocycles. The SMILES string of the molecule is [2H]C(C)(C)c1cc(-c2ccccc2C)[n+](C)cc1[Si](C)(C)C. The average molecular weight is 300 g/mol. The Morgan fingerprint density at radius 3 is 2.29 bits per heavy atom. The highest BCUT2D eigenvalue weighted by molar-refractivity contribution is 6.89. The predicted octanol–water partition coefficient (Wildman–Crippen LogP) is 4.16. The van der Waals surface area contributed by atoms with E-state index in [0.717, 1.165) is 0 Å². The quantitative estimate of drug-likeness (QED) is 0.592. The van der Waals surface area contributed by atoms with Gasteiger partial charge in [-0.25, -0.2) is 4.57 Å². The Balaban J connectivity index is 2.77. The van der Waals surface area contributed by atoms with Crippen LogP contribution in [-0.4, -0.2) is 8.07 Å². The topological polar surface area (TPSA) is 3.88 Å². The van der Waals surface area contributed by atoms with E-state index in [9.17, 15) is 0 Å². The van der Waals surface area contributed by atoms with Crippen LogP contribution in [0.2, 0.25) is 19.6 Å². The second-order valence-corrected chi connectivity index (χ2v) is 12.2. The van der Waals surface area contributed by atoms with Crippen LogP contribution in [0.3, 0.4) is 0 Å². The lowest BCUT2D eigenvalue weighted by molar-refractivity contribution is -0.659. The maximum atomic E-state index is 8.59. The predicted molar refractivity (Wildman–Crippen MR) is 94.9 cm³/mol. The summed E-state index contributed by atoms with van der Waals surface area (Å²) in [5.74, 6) is -0.582. The van der Waals surface area contributed by atoms with Crippen molar-refractivity contribution in [3.05, 3.63) is 47.7 Å². The molecule has 112 valence electrons.